The molecule has 5 nitrogen and oxygen atoms in total. The third kappa shape index (κ3) is 3.97. The van der Waals surface area contributed by atoms with Gasteiger partial charge in [-0.2, -0.15) is 0 Å². The first-order chi connectivity index (χ1) is 10.9. The number of hydrogen-bond acceptors (Lipinski definition) is 4. The second-order valence-corrected chi connectivity index (χ2v) is 5.46. The average Bonchev–Trinajstić information content (AvgIpc) is 2.52. The van der Waals surface area contributed by atoms with Crippen LogP contribution in [-0.2, 0) is 6.54 Å². The minimum absolute atomic E-state index is 0.0559. The first-order valence-electron chi connectivity index (χ1n) is 7.26. The molecule has 0 aliphatic carbocycles. The van der Waals surface area contributed by atoms with E-state index in [4.69, 9.17) is 4.74 Å². The monoisotopic (exact) mass is 318 g/mol. The van der Waals surface area contributed by atoms with Crippen LogP contribution in [0.2, 0.25) is 0 Å². The maximum atomic E-state index is 13.9. The van der Waals surface area contributed by atoms with E-state index in [0.717, 1.165) is 11.3 Å². The Morgan fingerprint density at radius 1 is 1.22 bits per heavy atom. The zero-order valence-corrected chi connectivity index (χ0v) is 13.3. The van der Waals surface area contributed by atoms with Crippen molar-refractivity contribution in [2.24, 2.45) is 0 Å². The summed E-state index contributed by atoms with van der Waals surface area (Å²) in [6, 6.07) is 11.3. The molecular formula is C17H19FN2O3. The third-order valence-corrected chi connectivity index (χ3v) is 3.59. The van der Waals surface area contributed by atoms with Crippen molar-refractivity contribution >= 4 is 11.4 Å². The van der Waals surface area contributed by atoms with Crippen LogP contribution >= 0.6 is 0 Å². The quantitative estimate of drug-likeness (QED) is 0.593. The number of ether oxygens (including phenoxy) is 1. The van der Waals surface area contributed by atoms with Crippen molar-refractivity contribution in [3.63, 3.8) is 0 Å². The van der Waals surface area contributed by atoms with Crippen LogP contribution in [0.3, 0.4) is 0 Å². The normalized spacial score (nSPS) is 10.7. The van der Waals surface area contributed by atoms with E-state index in [9.17, 15) is 14.5 Å². The lowest BCUT2D eigenvalue weighted by Gasteiger charge is -2.29. The lowest BCUT2D eigenvalue weighted by Crippen LogP contribution is -2.30. The van der Waals surface area contributed by atoms with Gasteiger partial charge >= 0.3 is 0 Å². The first-order valence-corrected chi connectivity index (χ1v) is 7.26. The zero-order valence-electron chi connectivity index (χ0n) is 13.3. The molecule has 0 heterocycles. The Morgan fingerprint density at radius 2 is 1.87 bits per heavy atom. The van der Waals surface area contributed by atoms with Gasteiger partial charge in [0.25, 0.3) is 5.69 Å². The largest absolute Gasteiger partial charge is 0.494 e. The number of nitro benzene ring substituents is 1. The summed E-state index contributed by atoms with van der Waals surface area (Å²) in [5.74, 6) is -0.216. The molecule has 0 N–H and O–H groups in total. The van der Waals surface area contributed by atoms with Crippen molar-refractivity contribution in [1.82, 2.24) is 0 Å². The standard InChI is InChI=1S/C17H19FN2O3/c1-12(2)19(15-8-9-17(23-3)16(18)10-15)11-13-4-6-14(7-5-13)20(21)22/h4-10,12H,11H2,1-3H3. The SMILES string of the molecule is COc1ccc(N(Cc2ccc([N+](=O)[O-])cc2)C(C)C)cc1F. The predicted octanol–water partition coefficient (Wildman–Crippen LogP) is 4.16. The van der Waals surface area contributed by atoms with Gasteiger partial charge in [0.2, 0.25) is 0 Å². The van der Waals surface area contributed by atoms with E-state index >= 15 is 0 Å². The second-order valence-electron chi connectivity index (χ2n) is 5.46. The highest BCUT2D eigenvalue weighted by atomic mass is 19.1. The van der Waals surface area contributed by atoms with Gasteiger partial charge in [0, 0.05) is 36.5 Å². The van der Waals surface area contributed by atoms with Crippen LogP contribution in [0.25, 0.3) is 0 Å². The fraction of sp³-hybridized carbons (Fsp3) is 0.294. The molecule has 0 saturated carbocycles. The Labute approximate surface area is 134 Å². The summed E-state index contributed by atoms with van der Waals surface area (Å²) in [5, 5.41) is 10.7. The zero-order chi connectivity index (χ0) is 17.0. The van der Waals surface area contributed by atoms with Crippen molar-refractivity contribution in [1.29, 1.82) is 0 Å². The molecule has 0 aliphatic heterocycles. The number of nitro groups is 1. The topological polar surface area (TPSA) is 55.6 Å². The molecule has 0 spiro atoms. The third-order valence-electron chi connectivity index (χ3n) is 3.59. The number of hydrogen-bond donors (Lipinski definition) is 0. The minimum atomic E-state index is -0.428. The van der Waals surface area contributed by atoms with Crippen molar-refractivity contribution in [3.05, 3.63) is 64.0 Å². The predicted molar refractivity (Wildman–Crippen MR) is 87.4 cm³/mol. The van der Waals surface area contributed by atoms with Crippen LogP contribution in [0.1, 0.15) is 19.4 Å². The Kier molecular flexibility index (Phi) is 5.16. The summed E-state index contributed by atoms with van der Waals surface area (Å²) in [5.41, 5.74) is 1.71. The summed E-state index contributed by atoms with van der Waals surface area (Å²) in [7, 11) is 1.43. The molecule has 0 radical (unpaired) electrons. The molecule has 2 aromatic rings. The second kappa shape index (κ2) is 7.09. The van der Waals surface area contributed by atoms with E-state index in [0.29, 0.717) is 6.54 Å². The molecule has 6 heteroatoms. The van der Waals surface area contributed by atoms with Crippen LogP contribution in [-0.4, -0.2) is 18.1 Å². The highest BCUT2D eigenvalue weighted by molar-refractivity contribution is 5.51. The van der Waals surface area contributed by atoms with Gasteiger partial charge in [0.15, 0.2) is 11.6 Å². The maximum Gasteiger partial charge on any atom is 0.269 e. The van der Waals surface area contributed by atoms with E-state index < -0.39 is 10.7 Å². The van der Waals surface area contributed by atoms with Crippen molar-refractivity contribution in [3.8, 4) is 5.75 Å². The van der Waals surface area contributed by atoms with Gasteiger partial charge in [-0.15, -0.1) is 0 Å². The van der Waals surface area contributed by atoms with E-state index in [1.54, 1.807) is 24.3 Å². The Balaban J connectivity index is 2.25. The number of benzene rings is 2. The number of halogens is 1. The molecule has 0 amide bonds. The molecule has 0 unspecified atom stereocenters. The fourth-order valence-electron chi connectivity index (χ4n) is 2.33. The summed E-state index contributed by atoms with van der Waals surface area (Å²) in [4.78, 5) is 12.3. The van der Waals surface area contributed by atoms with Crippen LogP contribution < -0.4 is 9.64 Å². The fourth-order valence-corrected chi connectivity index (χ4v) is 2.33. The Bertz CT molecular complexity index is 687. The van der Waals surface area contributed by atoms with E-state index in [1.807, 2.05) is 18.7 Å². The molecule has 2 rings (SSSR count). The number of nitrogens with zero attached hydrogens (tertiary/aromatic N) is 2. The number of non-ortho nitro benzene ring substituents is 1. The molecular weight excluding hydrogens is 299 g/mol. The molecule has 0 aromatic heterocycles. The van der Waals surface area contributed by atoms with Gasteiger partial charge in [-0.1, -0.05) is 12.1 Å². The number of methoxy groups -OCH3 is 1. The van der Waals surface area contributed by atoms with Crippen molar-refractivity contribution in [2.75, 3.05) is 12.0 Å². The lowest BCUT2D eigenvalue weighted by atomic mass is 10.1. The number of rotatable bonds is 6. The van der Waals surface area contributed by atoms with Crippen LogP contribution in [0.15, 0.2) is 42.5 Å². The van der Waals surface area contributed by atoms with Gasteiger partial charge in [0.05, 0.1) is 12.0 Å². The molecule has 0 bridgehead atoms. The van der Waals surface area contributed by atoms with Crippen LogP contribution in [0.5, 0.6) is 5.75 Å². The van der Waals surface area contributed by atoms with Gasteiger partial charge in [0.1, 0.15) is 0 Å². The summed E-state index contributed by atoms with van der Waals surface area (Å²) in [6.45, 7) is 4.54. The van der Waals surface area contributed by atoms with E-state index in [-0.39, 0.29) is 17.5 Å². The first kappa shape index (κ1) is 16.7. The van der Waals surface area contributed by atoms with Gasteiger partial charge in [-0.05, 0) is 31.5 Å². The molecule has 0 fully saturated rings. The molecule has 0 atom stereocenters. The molecule has 2 aromatic carbocycles. The summed E-state index contributed by atoms with van der Waals surface area (Å²) >= 11 is 0. The van der Waals surface area contributed by atoms with E-state index in [2.05, 4.69) is 0 Å². The average molecular weight is 318 g/mol. The maximum absolute atomic E-state index is 13.9. The molecule has 122 valence electrons. The van der Waals surface area contributed by atoms with Crippen LogP contribution in [0.4, 0.5) is 15.8 Å². The highest BCUT2D eigenvalue weighted by Gasteiger charge is 2.14. The van der Waals surface area contributed by atoms with Gasteiger partial charge in [-0.3, -0.25) is 10.1 Å². The Hall–Kier alpha value is -2.63. The molecule has 23 heavy (non-hydrogen) atoms. The van der Waals surface area contributed by atoms with Gasteiger partial charge in [-0.25, -0.2) is 4.39 Å². The minimum Gasteiger partial charge on any atom is -0.494 e. The highest BCUT2D eigenvalue weighted by Crippen LogP contribution is 2.26. The van der Waals surface area contributed by atoms with E-state index in [1.165, 1.54) is 25.3 Å². The summed E-state index contributed by atoms with van der Waals surface area (Å²) in [6.07, 6.45) is 0. The number of anilines is 1. The molecule has 0 aliphatic rings. The smallest absolute Gasteiger partial charge is 0.269 e. The Morgan fingerprint density at radius 3 is 2.35 bits per heavy atom. The lowest BCUT2D eigenvalue weighted by molar-refractivity contribution is -0.384. The molecule has 0 saturated heterocycles. The van der Waals surface area contributed by atoms with Crippen molar-refractivity contribution < 1.29 is 14.1 Å². The van der Waals surface area contributed by atoms with Crippen molar-refractivity contribution in [2.45, 2.75) is 26.4 Å². The van der Waals surface area contributed by atoms with Crippen LogP contribution in [0, 0.1) is 15.9 Å². The summed E-state index contributed by atoms with van der Waals surface area (Å²) < 4.78 is 18.9. The van der Waals surface area contributed by atoms with Gasteiger partial charge < -0.3 is 9.64 Å².